The Labute approximate surface area is 156 Å². The molecule has 0 aliphatic carbocycles. The summed E-state index contributed by atoms with van der Waals surface area (Å²) < 4.78 is 68.2. The number of hydrogen-bond donors (Lipinski definition) is 1. The van der Waals surface area contributed by atoms with Gasteiger partial charge >= 0.3 is 6.18 Å². The van der Waals surface area contributed by atoms with Crippen molar-refractivity contribution in [2.24, 2.45) is 7.05 Å². The molecule has 26 heavy (non-hydrogen) atoms. The van der Waals surface area contributed by atoms with Crippen molar-refractivity contribution in [1.82, 2.24) is 14.5 Å². The van der Waals surface area contributed by atoms with E-state index < -0.39 is 39.8 Å². The normalized spacial score (nSPS) is 15.2. The zero-order valence-electron chi connectivity index (χ0n) is 14.5. The van der Waals surface area contributed by atoms with E-state index in [1.807, 2.05) is 0 Å². The van der Waals surface area contributed by atoms with Gasteiger partial charge in [0.2, 0.25) is 0 Å². The van der Waals surface area contributed by atoms with Crippen LogP contribution in [0.15, 0.2) is 24.3 Å². The van der Waals surface area contributed by atoms with E-state index in [0.717, 1.165) is 16.8 Å². The van der Waals surface area contributed by atoms with Gasteiger partial charge in [0.1, 0.15) is 16.6 Å². The summed E-state index contributed by atoms with van der Waals surface area (Å²) in [6.45, 7) is 5.15. The Balaban J connectivity index is 2.53. The third-order valence-corrected chi connectivity index (χ3v) is 5.41. The Morgan fingerprint density at radius 3 is 2.31 bits per heavy atom. The fourth-order valence-corrected chi connectivity index (χ4v) is 3.18. The number of halogens is 5. The first-order chi connectivity index (χ1) is 11.8. The van der Waals surface area contributed by atoms with Crippen LogP contribution in [0, 0.1) is 5.82 Å². The lowest BCUT2D eigenvalue weighted by Gasteiger charge is -2.28. The van der Waals surface area contributed by atoms with E-state index in [1.54, 1.807) is 20.8 Å². The van der Waals surface area contributed by atoms with E-state index >= 15 is 0 Å². The van der Waals surface area contributed by atoms with Gasteiger partial charge in [-0.05, 0) is 44.5 Å². The number of rotatable bonds is 4. The van der Waals surface area contributed by atoms with E-state index in [0.29, 0.717) is 5.56 Å². The van der Waals surface area contributed by atoms with Crippen LogP contribution in [0.5, 0.6) is 0 Å². The van der Waals surface area contributed by atoms with E-state index in [-0.39, 0.29) is 10.7 Å². The van der Waals surface area contributed by atoms with Gasteiger partial charge in [0.15, 0.2) is 5.69 Å². The molecule has 1 N–H and O–H groups in total. The minimum Gasteiger partial charge on any atom is -0.598 e. The molecule has 2 aromatic rings. The van der Waals surface area contributed by atoms with Crippen molar-refractivity contribution in [2.75, 3.05) is 0 Å². The molecule has 0 saturated heterocycles. The van der Waals surface area contributed by atoms with Crippen LogP contribution in [0.1, 0.15) is 43.8 Å². The van der Waals surface area contributed by atoms with Crippen LogP contribution >= 0.6 is 11.6 Å². The highest BCUT2D eigenvalue weighted by molar-refractivity contribution is 7.90. The maximum atomic E-state index is 13.5. The molecule has 144 valence electrons. The van der Waals surface area contributed by atoms with Crippen molar-refractivity contribution in [1.29, 1.82) is 0 Å². The first-order valence-corrected chi connectivity index (χ1v) is 9.07. The molecule has 0 radical (unpaired) electrons. The van der Waals surface area contributed by atoms with Crippen LogP contribution in [-0.2, 0) is 24.6 Å². The Morgan fingerprint density at radius 1 is 1.23 bits per heavy atom. The van der Waals surface area contributed by atoms with Crippen LogP contribution in [0.3, 0.4) is 0 Å². The smallest absolute Gasteiger partial charge is 0.435 e. The summed E-state index contributed by atoms with van der Waals surface area (Å²) in [6.07, 6.45) is -4.62. The zero-order chi connectivity index (χ0) is 19.9. The Kier molecular flexibility index (Phi) is 5.96. The summed E-state index contributed by atoms with van der Waals surface area (Å²) in [4.78, 5) is 0. The average Bonchev–Trinajstić information content (AvgIpc) is 2.88. The van der Waals surface area contributed by atoms with Crippen LogP contribution in [0.25, 0.3) is 0 Å². The van der Waals surface area contributed by atoms with Gasteiger partial charge in [-0.15, -0.1) is 4.72 Å². The van der Waals surface area contributed by atoms with Crippen molar-refractivity contribution in [3.63, 3.8) is 0 Å². The largest absolute Gasteiger partial charge is 0.598 e. The quantitative estimate of drug-likeness (QED) is 0.600. The molecule has 1 aromatic heterocycles. The summed E-state index contributed by atoms with van der Waals surface area (Å²) in [5.74, 6) is -0.660. The maximum absolute atomic E-state index is 13.5. The summed E-state index contributed by atoms with van der Waals surface area (Å²) in [5, 5.41) is 3.30. The number of nitrogens with one attached hydrogen (secondary N) is 1. The number of alkyl halides is 3. The predicted molar refractivity (Wildman–Crippen MR) is 92.5 cm³/mol. The molecule has 0 aliphatic heterocycles. The van der Waals surface area contributed by atoms with Gasteiger partial charge in [0.05, 0.1) is 10.7 Å². The molecule has 1 aromatic carbocycles. The number of hydrogen-bond acceptors (Lipinski definition) is 3. The molecule has 2 rings (SSSR count). The molecular formula is C16H18ClF4N3OS. The van der Waals surface area contributed by atoms with Crippen molar-refractivity contribution in [2.45, 2.75) is 37.7 Å². The first kappa shape index (κ1) is 21.0. The highest BCUT2D eigenvalue weighted by atomic mass is 35.5. The second-order valence-electron chi connectivity index (χ2n) is 6.68. The summed E-state index contributed by atoms with van der Waals surface area (Å²) in [5.41, 5.74) is -0.583. The minimum absolute atomic E-state index is 0.123. The minimum atomic E-state index is -4.62. The number of benzene rings is 1. The maximum Gasteiger partial charge on any atom is 0.435 e. The summed E-state index contributed by atoms with van der Waals surface area (Å²) >= 11 is 4.20. The van der Waals surface area contributed by atoms with Gasteiger partial charge in [0, 0.05) is 18.4 Å². The molecule has 10 heteroatoms. The Hall–Kier alpha value is -1.29. The van der Waals surface area contributed by atoms with Crippen LogP contribution in [0.2, 0.25) is 5.02 Å². The fraction of sp³-hybridized carbons (Fsp3) is 0.438. The monoisotopic (exact) mass is 411 g/mol. The van der Waals surface area contributed by atoms with Crippen molar-refractivity contribution in [3.05, 3.63) is 52.1 Å². The highest BCUT2D eigenvalue weighted by Crippen LogP contribution is 2.33. The predicted octanol–water partition coefficient (Wildman–Crippen LogP) is 4.37. The molecular weight excluding hydrogens is 394 g/mol. The molecule has 0 bridgehead atoms. The van der Waals surface area contributed by atoms with Gasteiger partial charge in [-0.3, -0.25) is 4.68 Å². The van der Waals surface area contributed by atoms with Crippen LogP contribution < -0.4 is 4.72 Å². The molecule has 1 heterocycles. The van der Waals surface area contributed by atoms with E-state index in [2.05, 4.69) is 9.82 Å². The molecule has 0 spiro atoms. The highest BCUT2D eigenvalue weighted by Gasteiger charge is 2.37. The van der Waals surface area contributed by atoms with Gasteiger partial charge in [0.25, 0.3) is 0 Å². The Morgan fingerprint density at radius 2 is 1.85 bits per heavy atom. The Bertz CT molecular complexity index is 789. The zero-order valence-corrected chi connectivity index (χ0v) is 16.1. The summed E-state index contributed by atoms with van der Waals surface area (Å²) in [7, 11) is 1.35. The first-order valence-electron chi connectivity index (χ1n) is 7.55. The number of nitrogens with zero attached hydrogens (tertiary/aromatic N) is 2. The summed E-state index contributed by atoms with van der Waals surface area (Å²) in [6, 6.07) is 3.71. The molecule has 0 amide bonds. The van der Waals surface area contributed by atoms with Crippen molar-refractivity contribution < 1.29 is 22.1 Å². The molecule has 2 atom stereocenters. The van der Waals surface area contributed by atoms with Crippen molar-refractivity contribution in [3.8, 4) is 0 Å². The SMILES string of the molecule is Cn1nc(C(F)(F)F)cc1C(N[S@+]([O-])C(C)(C)C)c1ccc(F)c(Cl)c1. The molecule has 1 unspecified atom stereocenters. The second kappa shape index (κ2) is 7.38. The van der Waals surface area contributed by atoms with E-state index in [9.17, 15) is 22.1 Å². The lowest BCUT2D eigenvalue weighted by molar-refractivity contribution is -0.141. The van der Waals surface area contributed by atoms with Gasteiger partial charge in [-0.1, -0.05) is 17.7 Å². The van der Waals surface area contributed by atoms with Gasteiger partial charge in [-0.2, -0.15) is 18.3 Å². The van der Waals surface area contributed by atoms with E-state index in [1.165, 1.54) is 19.2 Å². The number of aromatic nitrogens is 2. The molecule has 4 nitrogen and oxygen atoms in total. The second-order valence-corrected chi connectivity index (χ2v) is 9.09. The van der Waals surface area contributed by atoms with Crippen LogP contribution in [-0.4, -0.2) is 19.1 Å². The van der Waals surface area contributed by atoms with Crippen LogP contribution in [0.4, 0.5) is 17.6 Å². The lowest BCUT2D eigenvalue weighted by atomic mass is 10.0. The average molecular weight is 412 g/mol. The van der Waals surface area contributed by atoms with E-state index in [4.69, 9.17) is 11.6 Å². The molecule has 0 fully saturated rings. The topological polar surface area (TPSA) is 52.9 Å². The third kappa shape index (κ3) is 4.70. The fourth-order valence-electron chi connectivity index (χ4n) is 2.17. The molecule has 0 saturated carbocycles. The third-order valence-electron chi connectivity index (χ3n) is 3.56. The number of aryl methyl sites for hydroxylation is 1. The van der Waals surface area contributed by atoms with Gasteiger partial charge < -0.3 is 4.55 Å². The standard InChI is InChI=1S/C16H18ClF4N3OS/c1-15(2,3)26(25)23-14(9-5-6-11(18)10(17)7-9)12-8-13(16(19,20)21)22-24(12)4/h5-8,14,23H,1-4H3/t14?,26-/m1/s1. The van der Waals surface area contributed by atoms with Crippen molar-refractivity contribution >= 4 is 23.0 Å². The lowest BCUT2D eigenvalue weighted by Crippen LogP contribution is -2.42. The molecule has 0 aliphatic rings. The van der Waals surface area contributed by atoms with Gasteiger partial charge in [-0.25, -0.2) is 4.39 Å².